The smallest absolute Gasteiger partial charge is 0.326 e. The quantitative estimate of drug-likeness (QED) is 0.428. The minimum absolute atomic E-state index is 0.398. The number of aliphatic carboxylic acids is 2. The molecule has 96 valence electrons. The summed E-state index contributed by atoms with van der Waals surface area (Å²) in [5.74, 6) is -3.61. The molecule has 17 heavy (non-hydrogen) atoms. The summed E-state index contributed by atoms with van der Waals surface area (Å²) in [7, 11) is 1.22. The van der Waals surface area contributed by atoms with Gasteiger partial charge in [-0.2, -0.15) is 0 Å². The molecule has 5 N–H and O–H groups in total. The van der Waals surface area contributed by atoms with E-state index in [2.05, 4.69) is 0 Å². The summed E-state index contributed by atoms with van der Waals surface area (Å²) in [5, 5.41) is 19.0. The maximum Gasteiger partial charge on any atom is 0.326 e. The maximum atomic E-state index is 11.3. The Morgan fingerprint density at radius 2 is 1.82 bits per heavy atom. The Bertz CT molecular complexity index is 342. The summed E-state index contributed by atoms with van der Waals surface area (Å²) in [5.41, 5.74) is 4.83. The Morgan fingerprint density at radius 1 is 1.29 bits per heavy atom. The van der Waals surface area contributed by atoms with Gasteiger partial charge in [0.05, 0.1) is 6.42 Å². The van der Waals surface area contributed by atoms with Crippen LogP contribution in [0.3, 0.4) is 0 Å². The van der Waals surface area contributed by atoms with Gasteiger partial charge in [0.15, 0.2) is 0 Å². The second-order valence-corrected chi connectivity index (χ2v) is 3.26. The molecule has 0 aromatic heterocycles. The number of carboxylic acids is 2. The molecule has 0 spiro atoms. The summed E-state index contributed by atoms with van der Waals surface area (Å²) < 4.78 is 0. The van der Waals surface area contributed by atoms with E-state index in [-0.39, 0.29) is 0 Å². The van der Waals surface area contributed by atoms with Crippen LogP contribution in [0.1, 0.15) is 6.42 Å². The third kappa shape index (κ3) is 5.97. The highest BCUT2D eigenvalue weighted by atomic mass is 16.4. The Labute approximate surface area is 96.2 Å². The van der Waals surface area contributed by atoms with Gasteiger partial charge in [-0.05, 0) is 0 Å². The second kappa shape index (κ2) is 6.30. The van der Waals surface area contributed by atoms with Gasteiger partial charge in [0, 0.05) is 7.05 Å². The fraction of sp³-hybridized carbons (Fsp3) is 0.500. The van der Waals surface area contributed by atoms with Crippen molar-refractivity contribution in [2.75, 3.05) is 13.6 Å². The number of urea groups is 1. The number of amides is 3. The molecule has 1 atom stereocenters. The lowest BCUT2D eigenvalue weighted by Crippen LogP contribution is -2.49. The lowest BCUT2D eigenvalue weighted by molar-refractivity contribution is -0.145. The van der Waals surface area contributed by atoms with Gasteiger partial charge in [0.25, 0.3) is 0 Å². The highest BCUT2D eigenvalue weighted by Crippen LogP contribution is 1.95. The summed E-state index contributed by atoms with van der Waals surface area (Å²) in [6.45, 7) is -0.398. The van der Waals surface area contributed by atoms with Crippen LogP contribution in [0.2, 0.25) is 0 Å². The summed E-state index contributed by atoms with van der Waals surface area (Å²) in [4.78, 5) is 43.6. The van der Waals surface area contributed by atoms with Crippen LogP contribution >= 0.6 is 0 Å². The number of nitrogens with one attached hydrogen (secondary N) is 1. The monoisotopic (exact) mass is 247 g/mol. The Hall–Kier alpha value is -2.32. The molecule has 3 amide bonds. The van der Waals surface area contributed by atoms with E-state index in [1.54, 1.807) is 0 Å². The molecule has 9 heteroatoms. The van der Waals surface area contributed by atoms with Crippen LogP contribution < -0.4 is 11.1 Å². The average molecular weight is 247 g/mol. The van der Waals surface area contributed by atoms with Crippen molar-refractivity contribution in [3.05, 3.63) is 0 Å². The van der Waals surface area contributed by atoms with E-state index < -0.39 is 42.9 Å². The van der Waals surface area contributed by atoms with E-state index in [4.69, 9.17) is 15.9 Å². The van der Waals surface area contributed by atoms with Gasteiger partial charge in [-0.3, -0.25) is 9.59 Å². The molecule has 0 aromatic carbocycles. The SMILES string of the molecule is CN(CC(N)=O)C(=O)N[C@H](CC(=O)O)C(=O)O. The van der Waals surface area contributed by atoms with Crippen molar-refractivity contribution in [2.45, 2.75) is 12.5 Å². The number of carboxylic acid groups (broad SMARTS) is 2. The Balaban J connectivity index is 4.44. The standard InChI is InChI=1S/C8H13N3O6/c1-11(3-5(9)12)8(17)10-4(7(15)16)2-6(13)14/h4H,2-3H2,1H3,(H2,9,12)(H,10,17)(H,13,14)(H,15,16)/t4-/m1/s1. The molecule has 0 aliphatic heterocycles. The Morgan fingerprint density at radius 3 is 2.18 bits per heavy atom. The molecule has 0 fully saturated rings. The van der Waals surface area contributed by atoms with Gasteiger partial charge >= 0.3 is 18.0 Å². The first kappa shape index (κ1) is 14.7. The number of primary amides is 1. The van der Waals surface area contributed by atoms with E-state index in [0.29, 0.717) is 0 Å². The fourth-order valence-electron chi connectivity index (χ4n) is 0.939. The van der Waals surface area contributed by atoms with E-state index in [1.165, 1.54) is 7.05 Å². The first-order valence-corrected chi connectivity index (χ1v) is 4.48. The van der Waals surface area contributed by atoms with Crippen molar-refractivity contribution in [2.24, 2.45) is 5.73 Å². The number of nitrogens with two attached hydrogens (primary N) is 1. The van der Waals surface area contributed by atoms with Crippen molar-refractivity contribution in [3.63, 3.8) is 0 Å². The molecule has 0 aliphatic carbocycles. The third-order valence-electron chi connectivity index (χ3n) is 1.71. The molecule has 0 aliphatic rings. The van der Waals surface area contributed by atoms with Crippen molar-refractivity contribution in [1.29, 1.82) is 0 Å². The van der Waals surface area contributed by atoms with E-state index >= 15 is 0 Å². The molecular formula is C8H13N3O6. The van der Waals surface area contributed by atoms with Crippen LogP contribution in [0.5, 0.6) is 0 Å². The van der Waals surface area contributed by atoms with Crippen molar-refractivity contribution in [3.8, 4) is 0 Å². The predicted octanol–water partition coefficient (Wildman–Crippen LogP) is -1.96. The number of hydrogen-bond acceptors (Lipinski definition) is 4. The normalized spacial score (nSPS) is 11.4. The van der Waals surface area contributed by atoms with Crippen molar-refractivity contribution < 1.29 is 29.4 Å². The van der Waals surface area contributed by atoms with Crippen LogP contribution in [-0.4, -0.2) is 58.6 Å². The largest absolute Gasteiger partial charge is 0.481 e. The molecule has 0 aromatic rings. The zero-order valence-electron chi connectivity index (χ0n) is 9.04. The average Bonchev–Trinajstić information content (AvgIpc) is 2.14. The highest BCUT2D eigenvalue weighted by Gasteiger charge is 2.24. The van der Waals surface area contributed by atoms with E-state index in [9.17, 15) is 19.2 Å². The molecule has 0 saturated carbocycles. The lowest BCUT2D eigenvalue weighted by Gasteiger charge is -2.19. The second-order valence-electron chi connectivity index (χ2n) is 3.26. The van der Waals surface area contributed by atoms with E-state index in [1.807, 2.05) is 5.32 Å². The molecule has 0 rings (SSSR count). The maximum absolute atomic E-state index is 11.3. The molecule has 0 bridgehead atoms. The summed E-state index contributed by atoms with van der Waals surface area (Å²) >= 11 is 0. The van der Waals surface area contributed by atoms with Gasteiger partial charge in [0.1, 0.15) is 12.6 Å². The Kier molecular flexibility index (Phi) is 5.44. The number of likely N-dealkylation sites (N-methyl/N-ethyl adjacent to an activating group) is 1. The van der Waals surface area contributed by atoms with Crippen LogP contribution in [0, 0.1) is 0 Å². The number of hydrogen-bond donors (Lipinski definition) is 4. The first-order chi connectivity index (χ1) is 7.73. The summed E-state index contributed by atoms with van der Waals surface area (Å²) in [6, 6.07) is -2.45. The zero-order valence-corrected chi connectivity index (χ0v) is 9.04. The molecule has 0 heterocycles. The van der Waals surface area contributed by atoms with Gasteiger partial charge < -0.3 is 26.2 Å². The molecule has 0 unspecified atom stereocenters. The number of carbonyl (C=O) groups is 4. The minimum atomic E-state index is -1.56. The van der Waals surface area contributed by atoms with Gasteiger partial charge in [0.2, 0.25) is 5.91 Å². The topological polar surface area (TPSA) is 150 Å². The van der Waals surface area contributed by atoms with Crippen LogP contribution in [0.15, 0.2) is 0 Å². The minimum Gasteiger partial charge on any atom is -0.481 e. The molecule has 0 saturated heterocycles. The molecule has 0 radical (unpaired) electrons. The van der Waals surface area contributed by atoms with Crippen molar-refractivity contribution in [1.82, 2.24) is 10.2 Å². The summed E-state index contributed by atoms with van der Waals surface area (Å²) in [6.07, 6.45) is -0.758. The van der Waals surface area contributed by atoms with Crippen LogP contribution in [0.4, 0.5) is 4.79 Å². The lowest BCUT2D eigenvalue weighted by atomic mass is 10.2. The first-order valence-electron chi connectivity index (χ1n) is 4.48. The molecule has 9 nitrogen and oxygen atoms in total. The van der Waals surface area contributed by atoms with Crippen molar-refractivity contribution >= 4 is 23.9 Å². The highest BCUT2D eigenvalue weighted by molar-refractivity contribution is 5.88. The molecular weight excluding hydrogens is 234 g/mol. The number of carbonyl (C=O) groups excluding carboxylic acids is 2. The van der Waals surface area contributed by atoms with E-state index in [0.717, 1.165) is 4.90 Å². The van der Waals surface area contributed by atoms with Crippen LogP contribution in [-0.2, 0) is 14.4 Å². The van der Waals surface area contributed by atoms with Crippen LogP contribution in [0.25, 0.3) is 0 Å². The predicted molar refractivity (Wildman–Crippen MR) is 54.0 cm³/mol. The third-order valence-corrected chi connectivity index (χ3v) is 1.71. The van der Waals surface area contributed by atoms with Gasteiger partial charge in [-0.15, -0.1) is 0 Å². The zero-order chi connectivity index (χ0) is 13.6. The van der Waals surface area contributed by atoms with Gasteiger partial charge in [-0.1, -0.05) is 0 Å². The van der Waals surface area contributed by atoms with Gasteiger partial charge in [-0.25, -0.2) is 9.59 Å². The number of rotatable bonds is 6. The fourth-order valence-corrected chi connectivity index (χ4v) is 0.939. The number of nitrogens with zero attached hydrogens (tertiary/aromatic N) is 1.